The molecule has 0 atom stereocenters. The van der Waals surface area contributed by atoms with Crippen LogP contribution >= 0.6 is 0 Å². The molecule has 46 valence electrons. The first-order valence-corrected chi connectivity index (χ1v) is 3.39. The summed E-state index contributed by atoms with van der Waals surface area (Å²) in [6, 6.07) is 0. The van der Waals surface area contributed by atoms with Crippen LogP contribution in [-0.4, -0.2) is 28.1 Å². The van der Waals surface area contributed by atoms with E-state index in [4.69, 9.17) is 0 Å². The van der Waals surface area contributed by atoms with Gasteiger partial charge in [0.1, 0.15) is 0 Å². The van der Waals surface area contributed by atoms with E-state index in [9.17, 15) is 0 Å². The van der Waals surface area contributed by atoms with Crippen molar-refractivity contribution in [2.24, 2.45) is 0 Å². The fourth-order valence-corrected chi connectivity index (χ4v) is 0.224. The van der Waals surface area contributed by atoms with Crippen molar-refractivity contribution in [3.63, 3.8) is 0 Å². The van der Waals surface area contributed by atoms with Crippen molar-refractivity contribution < 1.29 is 0 Å². The first-order chi connectivity index (χ1) is 2.81. The molecule has 0 aromatic heterocycles. The van der Waals surface area contributed by atoms with Gasteiger partial charge in [0.2, 0.25) is 0 Å². The lowest BCUT2D eigenvalue weighted by Crippen LogP contribution is -2.17. The Hall–Kier alpha value is 0.137. The summed E-state index contributed by atoms with van der Waals surface area (Å²) in [5, 5.41) is 0. The summed E-state index contributed by atoms with van der Waals surface area (Å²) in [5.41, 5.74) is 0. The van der Waals surface area contributed by atoms with Crippen LogP contribution in [0.15, 0.2) is 0 Å². The molecule has 0 saturated heterocycles. The smallest absolute Gasteiger partial charge is 0.0784 e. The number of nitrogens with zero attached hydrogens (tertiary/aromatic N) is 1. The molecule has 0 aromatic carbocycles. The summed E-state index contributed by atoms with van der Waals surface area (Å²) in [7, 11) is 1.22. The fourth-order valence-electron chi connectivity index (χ4n) is 0.224. The highest BCUT2D eigenvalue weighted by Crippen LogP contribution is 1.72. The molecule has 0 aromatic rings. The van der Waals surface area contributed by atoms with E-state index in [1.165, 1.54) is 23.5 Å². The quantitative estimate of drug-likeness (QED) is 0.511. The molecule has 0 saturated carbocycles. The molecule has 0 heterocycles. The Labute approximate surface area is 49.0 Å². The van der Waals surface area contributed by atoms with Gasteiger partial charge < -0.3 is 10.7 Å². The molecule has 2 nitrogen and oxygen atoms in total. The molecule has 0 unspecified atom stereocenters. The predicted molar refractivity (Wildman–Crippen MR) is 37.9 cm³/mol. The van der Waals surface area contributed by atoms with Gasteiger partial charge in [-0.2, -0.15) is 0 Å². The molecule has 3 heteroatoms. The van der Waals surface area contributed by atoms with Gasteiger partial charge in [-0.3, -0.25) is 0 Å². The van der Waals surface area contributed by atoms with E-state index in [-0.39, 0.29) is 6.15 Å². The summed E-state index contributed by atoms with van der Waals surface area (Å²) in [6.45, 7) is 6.83. The van der Waals surface area contributed by atoms with Crippen LogP contribution in [-0.2, 0) is 0 Å². The maximum atomic E-state index is 2.39. The van der Waals surface area contributed by atoms with E-state index < -0.39 is 0 Å². The number of hydrogen-bond donors (Lipinski definition) is 1. The van der Waals surface area contributed by atoms with Gasteiger partial charge in [-0.25, -0.2) is 0 Å². The molecule has 0 spiro atoms. The summed E-state index contributed by atoms with van der Waals surface area (Å²) < 4.78 is 2.39. The van der Waals surface area contributed by atoms with Crippen molar-refractivity contribution in [1.29, 1.82) is 0 Å². The van der Waals surface area contributed by atoms with Gasteiger partial charge in [-0.15, -0.1) is 0 Å². The molecule has 0 aliphatic rings. The van der Waals surface area contributed by atoms with Gasteiger partial charge in [-0.1, -0.05) is 13.8 Å². The number of rotatable bonds is 2. The Balaban J connectivity index is 0. The molecular weight excluding hydrogens is 104 g/mol. The molecule has 0 aliphatic heterocycles. The monoisotopic (exact) mass is 120 g/mol. The lowest BCUT2D eigenvalue weighted by atomic mass is 10.7. The minimum absolute atomic E-state index is 0. The molecule has 0 rings (SSSR count). The van der Waals surface area contributed by atoms with Crippen molar-refractivity contribution >= 4 is 10.4 Å². The van der Waals surface area contributed by atoms with Gasteiger partial charge in [0.05, 0.1) is 10.4 Å². The third-order valence-electron chi connectivity index (χ3n) is 1.08. The largest absolute Gasteiger partial charge is 0.344 e. The van der Waals surface area contributed by atoms with Gasteiger partial charge in [0, 0.05) is 0 Å². The third kappa shape index (κ3) is 6.14. The molecule has 0 aliphatic carbocycles. The first-order valence-electron chi connectivity index (χ1n) is 2.49. The minimum atomic E-state index is 0. The van der Waals surface area contributed by atoms with Crippen LogP contribution in [0.25, 0.3) is 0 Å². The Morgan fingerprint density at radius 3 is 1.57 bits per heavy atom. The Morgan fingerprint density at radius 1 is 1.29 bits per heavy atom. The van der Waals surface area contributed by atoms with Crippen molar-refractivity contribution in [2.75, 3.05) is 13.1 Å². The van der Waals surface area contributed by atoms with Gasteiger partial charge in [-0.05, 0) is 13.1 Å². The highest BCUT2D eigenvalue weighted by molar-refractivity contribution is 6.04. The van der Waals surface area contributed by atoms with Crippen LogP contribution in [0.2, 0.25) is 0 Å². The third-order valence-corrected chi connectivity index (χ3v) is 2.34. The van der Waals surface area contributed by atoms with Crippen LogP contribution in [0, 0.1) is 0 Å². The van der Waals surface area contributed by atoms with E-state index in [0.717, 1.165) is 0 Å². The Morgan fingerprint density at radius 2 is 1.57 bits per heavy atom. The lowest BCUT2D eigenvalue weighted by molar-refractivity contribution is 0.505. The molecule has 0 radical (unpaired) electrons. The van der Waals surface area contributed by atoms with Crippen molar-refractivity contribution in [1.82, 2.24) is 10.7 Å². The summed E-state index contributed by atoms with van der Waals surface area (Å²) >= 11 is 0. The number of hydrogen-bond acceptors (Lipinski definition) is 2. The maximum absolute atomic E-state index is 2.39. The first kappa shape index (κ1) is 10.2. The van der Waals surface area contributed by atoms with Gasteiger partial charge >= 0.3 is 0 Å². The summed E-state index contributed by atoms with van der Waals surface area (Å²) in [6.07, 6.45) is 0. The zero-order chi connectivity index (χ0) is 4.99. The minimum Gasteiger partial charge on any atom is -0.344 e. The molecular formula is C4H16N2Si. The van der Waals surface area contributed by atoms with Crippen molar-refractivity contribution in [2.45, 2.75) is 13.8 Å². The molecule has 7 heavy (non-hydrogen) atoms. The Kier molecular flexibility index (Phi) is 8.93. The molecule has 0 fully saturated rings. The zero-order valence-electron chi connectivity index (χ0n) is 5.57. The topological polar surface area (TPSA) is 38.2 Å². The Bertz CT molecular complexity index is 28.9. The second kappa shape index (κ2) is 6.14. The average molecular weight is 120 g/mol. The van der Waals surface area contributed by atoms with E-state index >= 15 is 0 Å². The van der Waals surface area contributed by atoms with Crippen LogP contribution in [0.5, 0.6) is 0 Å². The lowest BCUT2D eigenvalue weighted by Gasteiger charge is -2.07. The van der Waals surface area contributed by atoms with Gasteiger partial charge in [0.15, 0.2) is 0 Å². The summed E-state index contributed by atoms with van der Waals surface area (Å²) in [5.74, 6) is 0. The van der Waals surface area contributed by atoms with E-state index in [0.29, 0.717) is 0 Å². The van der Waals surface area contributed by atoms with Crippen LogP contribution in [0.4, 0.5) is 0 Å². The maximum Gasteiger partial charge on any atom is 0.0784 e. The average Bonchev–Trinajstić information content (AvgIpc) is 1.65. The van der Waals surface area contributed by atoms with E-state index in [1.54, 1.807) is 0 Å². The van der Waals surface area contributed by atoms with Crippen LogP contribution in [0.1, 0.15) is 13.8 Å². The SMILES string of the molecule is CCN([SiH3])CC.N. The van der Waals surface area contributed by atoms with Crippen molar-refractivity contribution in [3.8, 4) is 0 Å². The van der Waals surface area contributed by atoms with Crippen LogP contribution < -0.4 is 6.15 Å². The van der Waals surface area contributed by atoms with Crippen LogP contribution in [0.3, 0.4) is 0 Å². The normalized spacial score (nSPS) is 9.00. The molecule has 0 bridgehead atoms. The van der Waals surface area contributed by atoms with E-state index in [2.05, 4.69) is 18.4 Å². The molecule has 0 amide bonds. The highest BCUT2D eigenvalue weighted by Gasteiger charge is 1.81. The predicted octanol–water partition coefficient (Wildman–Crippen LogP) is -0.229. The highest BCUT2D eigenvalue weighted by atomic mass is 28.2. The standard InChI is InChI=1S/C4H13NSi.H3N/c1-3-5(6)4-2;/h3-4H2,1-2,6H3;1H3. The van der Waals surface area contributed by atoms with Crippen molar-refractivity contribution in [3.05, 3.63) is 0 Å². The summed E-state index contributed by atoms with van der Waals surface area (Å²) in [4.78, 5) is 0. The van der Waals surface area contributed by atoms with Gasteiger partial charge in [0.25, 0.3) is 0 Å². The second-order valence-corrected chi connectivity index (χ2v) is 2.75. The fraction of sp³-hybridized carbons (Fsp3) is 1.00. The second-order valence-electron chi connectivity index (χ2n) is 1.49. The van der Waals surface area contributed by atoms with E-state index in [1.807, 2.05) is 0 Å². The molecule has 3 N–H and O–H groups in total. The zero-order valence-corrected chi connectivity index (χ0v) is 7.57.